The summed E-state index contributed by atoms with van der Waals surface area (Å²) in [5.74, 6) is -1.73. The number of halogens is 2. The molecule has 1 atom stereocenters. The zero-order valence-electron chi connectivity index (χ0n) is 14.3. The number of anilines is 1. The number of furan rings is 1. The number of hydrogen-bond donors (Lipinski definition) is 2. The molecule has 0 aliphatic carbocycles. The summed E-state index contributed by atoms with van der Waals surface area (Å²) in [5.41, 5.74) is -0.0470. The Balaban J connectivity index is 1.55. The van der Waals surface area contributed by atoms with E-state index in [4.69, 9.17) is 4.42 Å². The molecule has 1 aliphatic heterocycles. The van der Waals surface area contributed by atoms with E-state index in [0.717, 1.165) is 17.0 Å². The van der Waals surface area contributed by atoms with Crippen LogP contribution in [0, 0.1) is 11.6 Å². The molecule has 0 unspecified atom stereocenters. The zero-order chi connectivity index (χ0) is 18.7. The molecule has 3 rings (SSSR count). The maximum atomic E-state index is 13.7. The number of benzene rings is 1. The van der Waals surface area contributed by atoms with Crippen LogP contribution < -0.4 is 10.2 Å². The van der Waals surface area contributed by atoms with Gasteiger partial charge in [0.15, 0.2) is 11.8 Å². The molecule has 1 saturated heterocycles. The normalized spacial score (nSPS) is 16.3. The Morgan fingerprint density at radius 3 is 2.58 bits per heavy atom. The second-order valence-corrected chi connectivity index (χ2v) is 6.26. The van der Waals surface area contributed by atoms with Crippen LogP contribution in [0.5, 0.6) is 0 Å². The smallest absolute Gasteiger partial charge is 0.289 e. The fourth-order valence-electron chi connectivity index (χ4n) is 3.00. The van der Waals surface area contributed by atoms with Gasteiger partial charge in [-0.15, -0.1) is 0 Å². The van der Waals surface area contributed by atoms with Gasteiger partial charge in [-0.1, -0.05) is 0 Å². The second-order valence-electron chi connectivity index (χ2n) is 6.26. The number of quaternary nitrogens is 1. The Morgan fingerprint density at radius 1 is 1.23 bits per heavy atom. The first-order valence-electron chi connectivity index (χ1n) is 8.39. The van der Waals surface area contributed by atoms with Crippen LogP contribution in [0.15, 0.2) is 41.0 Å². The van der Waals surface area contributed by atoms with E-state index < -0.39 is 17.7 Å². The number of piperazine rings is 1. The van der Waals surface area contributed by atoms with Gasteiger partial charge >= 0.3 is 0 Å². The fourth-order valence-corrected chi connectivity index (χ4v) is 3.00. The lowest BCUT2D eigenvalue weighted by Gasteiger charge is -2.34. The van der Waals surface area contributed by atoms with Gasteiger partial charge in [-0.3, -0.25) is 9.59 Å². The van der Waals surface area contributed by atoms with Crippen molar-refractivity contribution in [2.45, 2.75) is 13.0 Å². The standard InChI is InChI=1S/C18H19F2N3O3/c1-12(17(24)21-15-5-4-13(19)11-14(15)20)22-6-8-23(9-7-22)18(25)16-3-2-10-26-16/h2-5,10-12H,6-9H2,1H3,(H,21,24)/p+1/t12-/m0/s1. The van der Waals surface area contributed by atoms with Crippen molar-refractivity contribution >= 4 is 17.5 Å². The van der Waals surface area contributed by atoms with Crippen molar-refractivity contribution < 1.29 is 27.7 Å². The van der Waals surface area contributed by atoms with Crippen LogP contribution in [-0.2, 0) is 4.79 Å². The van der Waals surface area contributed by atoms with E-state index >= 15 is 0 Å². The molecular formula is C18H20F2N3O3+. The zero-order valence-corrected chi connectivity index (χ0v) is 14.3. The summed E-state index contributed by atoms with van der Waals surface area (Å²) in [6, 6.07) is 5.87. The van der Waals surface area contributed by atoms with Gasteiger partial charge in [-0.2, -0.15) is 0 Å². The van der Waals surface area contributed by atoms with Crippen LogP contribution in [0.4, 0.5) is 14.5 Å². The Morgan fingerprint density at radius 2 is 1.96 bits per heavy atom. The maximum absolute atomic E-state index is 13.7. The monoisotopic (exact) mass is 364 g/mol. The molecular weight excluding hydrogens is 344 g/mol. The third-order valence-electron chi connectivity index (χ3n) is 4.62. The molecule has 0 radical (unpaired) electrons. The van der Waals surface area contributed by atoms with Gasteiger partial charge in [0.1, 0.15) is 11.6 Å². The predicted octanol–water partition coefficient (Wildman–Crippen LogP) is 0.926. The lowest BCUT2D eigenvalue weighted by atomic mass is 10.2. The Hall–Kier alpha value is -2.74. The molecule has 1 aromatic heterocycles. The summed E-state index contributed by atoms with van der Waals surface area (Å²) < 4.78 is 31.7. The van der Waals surface area contributed by atoms with E-state index in [1.54, 1.807) is 24.0 Å². The molecule has 2 amide bonds. The highest BCUT2D eigenvalue weighted by atomic mass is 19.1. The maximum Gasteiger partial charge on any atom is 0.289 e. The summed E-state index contributed by atoms with van der Waals surface area (Å²) in [4.78, 5) is 27.3. The third-order valence-corrected chi connectivity index (χ3v) is 4.62. The van der Waals surface area contributed by atoms with Crippen LogP contribution in [-0.4, -0.2) is 48.9 Å². The van der Waals surface area contributed by atoms with Gasteiger partial charge < -0.3 is 19.5 Å². The fraction of sp³-hybridized carbons (Fsp3) is 0.333. The molecule has 0 spiro atoms. The van der Waals surface area contributed by atoms with E-state index in [-0.39, 0.29) is 17.5 Å². The van der Waals surface area contributed by atoms with Crippen molar-refractivity contribution in [1.82, 2.24) is 4.90 Å². The second kappa shape index (κ2) is 7.65. The number of hydrogen-bond acceptors (Lipinski definition) is 3. The van der Waals surface area contributed by atoms with Gasteiger partial charge in [0.05, 0.1) is 38.1 Å². The summed E-state index contributed by atoms with van der Waals surface area (Å²) in [6.07, 6.45) is 1.45. The Kier molecular flexibility index (Phi) is 5.32. The van der Waals surface area contributed by atoms with E-state index in [1.807, 2.05) is 0 Å². The highest BCUT2D eigenvalue weighted by Crippen LogP contribution is 2.15. The minimum atomic E-state index is -0.811. The molecule has 0 bridgehead atoms. The Bertz CT molecular complexity index is 787. The van der Waals surface area contributed by atoms with Crippen molar-refractivity contribution in [3.05, 3.63) is 54.0 Å². The molecule has 26 heavy (non-hydrogen) atoms. The Labute approximate surface area is 149 Å². The first-order valence-corrected chi connectivity index (χ1v) is 8.39. The largest absolute Gasteiger partial charge is 0.459 e. The number of nitrogens with zero attached hydrogens (tertiary/aromatic N) is 1. The number of carbonyl (C=O) groups excluding carboxylic acids is 2. The van der Waals surface area contributed by atoms with Crippen molar-refractivity contribution in [1.29, 1.82) is 0 Å². The molecule has 0 saturated carbocycles. The van der Waals surface area contributed by atoms with Gasteiger partial charge in [-0.05, 0) is 31.2 Å². The molecule has 2 heterocycles. The van der Waals surface area contributed by atoms with Crippen LogP contribution in [0.25, 0.3) is 0 Å². The van der Waals surface area contributed by atoms with E-state index in [2.05, 4.69) is 5.32 Å². The van der Waals surface area contributed by atoms with E-state index in [1.165, 1.54) is 12.3 Å². The van der Waals surface area contributed by atoms with Crippen LogP contribution >= 0.6 is 0 Å². The van der Waals surface area contributed by atoms with E-state index in [9.17, 15) is 18.4 Å². The molecule has 2 N–H and O–H groups in total. The van der Waals surface area contributed by atoms with Crippen LogP contribution in [0.3, 0.4) is 0 Å². The molecule has 1 aromatic carbocycles. The first-order chi connectivity index (χ1) is 12.5. The molecule has 8 heteroatoms. The molecule has 1 aliphatic rings. The van der Waals surface area contributed by atoms with Crippen LogP contribution in [0.1, 0.15) is 17.5 Å². The average molecular weight is 364 g/mol. The quantitative estimate of drug-likeness (QED) is 0.848. The molecule has 6 nitrogen and oxygen atoms in total. The predicted molar refractivity (Wildman–Crippen MR) is 89.8 cm³/mol. The minimum Gasteiger partial charge on any atom is -0.459 e. The third kappa shape index (κ3) is 3.91. The molecule has 138 valence electrons. The minimum absolute atomic E-state index is 0.0470. The average Bonchev–Trinajstić information content (AvgIpc) is 3.17. The highest BCUT2D eigenvalue weighted by molar-refractivity contribution is 5.93. The van der Waals surface area contributed by atoms with Crippen molar-refractivity contribution in [3.8, 4) is 0 Å². The number of carbonyl (C=O) groups is 2. The number of nitrogens with one attached hydrogen (secondary N) is 2. The lowest BCUT2D eigenvalue weighted by molar-refractivity contribution is -0.917. The molecule has 2 aromatic rings. The summed E-state index contributed by atoms with van der Waals surface area (Å²) >= 11 is 0. The summed E-state index contributed by atoms with van der Waals surface area (Å²) in [5, 5.41) is 2.49. The van der Waals surface area contributed by atoms with Gasteiger partial charge in [0.2, 0.25) is 0 Å². The number of rotatable bonds is 4. The highest BCUT2D eigenvalue weighted by Gasteiger charge is 2.32. The van der Waals surface area contributed by atoms with E-state index in [0.29, 0.717) is 31.9 Å². The molecule has 1 fully saturated rings. The van der Waals surface area contributed by atoms with Gasteiger partial charge in [0, 0.05) is 6.07 Å². The summed E-state index contributed by atoms with van der Waals surface area (Å²) in [7, 11) is 0. The lowest BCUT2D eigenvalue weighted by Crippen LogP contribution is -3.19. The van der Waals surface area contributed by atoms with Gasteiger partial charge in [-0.25, -0.2) is 8.78 Å². The topological polar surface area (TPSA) is 67.0 Å². The van der Waals surface area contributed by atoms with Crippen molar-refractivity contribution in [3.63, 3.8) is 0 Å². The van der Waals surface area contributed by atoms with Gasteiger partial charge in [0.25, 0.3) is 11.8 Å². The SMILES string of the molecule is C[C@@H](C(=O)Nc1ccc(F)cc1F)[NH+]1CCN(C(=O)c2ccco2)CC1. The van der Waals surface area contributed by atoms with Crippen molar-refractivity contribution in [2.75, 3.05) is 31.5 Å². The van der Waals surface area contributed by atoms with Crippen LogP contribution in [0.2, 0.25) is 0 Å². The van der Waals surface area contributed by atoms with Crippen molar-refractivity contribution in [2.24, 2.45) is 0 Å². The first kappa shape index (κ1) is 18.1. The summed E-state index contributed by atoms with van der Waals surface area (Å²) in [6.45, 7) is 3.92. The number of amides is 2.